The molecule has 1 spiro atoms. The molecule has 2 unspecified atom stereocenters. The van der Waals surface area contributed by atoms with Crippen molar-refractivity contribution in [1.82, 2.24) is 5.32 Å². The van der Waals surface area contributed by atoms with E-state index in [0.717, 1.165) is 38.2 Å². The number of rotatable bonds is 7. The molecule has 0 radical (unpaired) electrons. The summed E-state index contributed by atoms with van der Waals surface area (Å²) < 4.78 is 12.0. The van der Waals surface area contributed by atoms with Crippen molar-refractivity contribution in [1.29, 1.82) is 0 Å². The zero-order valence-electron chi connectivity index (χ0n) is 15.8. The molecule has 5 nitrogen and oxygen atoms in total. The highest BCUT2D eigenvalue weighted by Crippen LogP contribution is 2.39. The molecule has 1 aromatic rings. The minimum Gasteiger partial charge on any atom is -0.508 e. The van der Waals surface area contributed by atoms with Crippen LogP contribution in [0.2, 0.25) is 0 Å². The fourth-order valence-electron chi connectivity index (χ4n) is 4.06. The largest absolute Gasteiger partial charge is 0.508 e. The van der Waals surface area contributed by atoms with Crippen LogP contribution in [0.15, 0.2) is 24.3 Å². The third-order valence-corrected chi connectivity index (χ3v) is 5.86. The van der Waals surface area contributed by atoms with Gasteiger partial charge in [-0.15, -0.1) is 0 Å². The van der Waals surface area contributed by atoms with Crippen LogP contribution in [0.5, 0.6) is 5.75 Å². The fourth-order valence-corrected chi connectivity index (χ4v) is 4.06. The van der Waals surface area contributed by atoms with Gasteiger partial charge in [-0.25, -0.2) is 0 Å². The SMILES string of the molecule is CC(NCCCC1OCC2(CCCCC2)CO1)C(O)c1ccc(O)cc1. The van der Waals surface area contributed by atoms with Crippen LogP contribution in [0.25, 0.3) is 0 Å². The Morgan fingerprint density at radius 2 is 1.77 bits per heavy atom. The second-order valence-electron chi connectivity index (χ2n) is 8.03. The number of phenolic OH excluding ortho intramolecular Hbond substituents is 1. The zero-order valence-corrected chi connectivity index (χ0v) is 15.8. The number of ether oxygens (including phenoxy) is 2. The van der Waals surface area contributed by atoms with Gasteiger partial charge in [0, 0.05) is 11.5 Å². The number of aliphatic hydroxyl groups excluding tert-OH is 1. The molecular formula is C21H33NO4. The van der Waals surface area contributed by atoms with Crippen molar-refractivity contribution in [3.8, 4) is 5.75 Å². The Bertz CT molecular complexity index is 531. The van der Waals surface area contributed by atoms with Gasteiger partial charge in [-0.2, -0.15) is 0 Å². The molecule has 0 amide bonds. The molecule has 5 heteroatoms. The van der Waals surface area contributed by atoms with Crippen LogP contribution in [0, 0.1) is 5.41 Å². The summed E-state index contributed by atoms with van der Waals surface area (Å²) in [6.07, 6.45) is 7.61. The molecule has 1 saturated heterocycles. The van der Waals surface area contributed by atoms with Crippen molar-refractivity contribution in [2.45, 2.75) is 70.3 Å². The lowest BCUT2D eigenvalue weighted by molar-refractivity contribution is -0.237. The number of phenols is 1. The van der Waals surface area contributed by atoms with E-state index in [1.165, 1.54) is 32.1 Å². The number of nitrogens with one attached hydrogen (secondary N) is 1. The minimum absolute atomic E-state index is 0.0572. The van der Waals surface area contributed by atoms with Gasteiger partial charge in [0.05, 0.1) is 19.3 Å². The summed E-state index contributed by atoms with van der Waals surface area (Å²) in [6.45, 7) is 4.48. The van der Waals surface area contributed by atoms with Gasteiger partial charge in [-0.1, -0.05) is 31.4 Å². The lowest BCUT2D eigenvalue weighted by Crippen LogP contribution is -2.43. The molecule has 0 aromatic heterocycles. The number of hydrogen-bond donors (Lipinski definition) is 3. The molecule has 26 heavy (non-hydrogen) atoms. The second-order valence-corrected chi connectivity index (χ2v) is 8.03. The average molecular weight is 363 g/mol. The predicted molar refractivity (Wildman–Crippen MR) is 101 cm³/mol. The van der Waals surface area contributed by atoms with Crippen molar-refractivity contribution >= 4 is 0 Å². The molecule has 2 atom stereocenters. The van der Waals surface area contributed by atoms with Gasteiger partial charge in [0.15, 0.2) is 6.29 Å². The summed E-state index contributed by atoms with van der Waals surface area (Å²) in [5, 5.41) is 23.1. The van der Waals surface area contributed by atoms with Crippen molar-refractivity contribution in [3.05, 3.63) is 29.8 Å². The summed E-state index contributed by atoms with van der Waals surface area (Å²) in [4.78, 5) is 0. The van der Waals surface area contributed by atoms with Crippen LogP contribution in [-0.2, 0) is 9.47 Å². The maximum atomic E-state index is 10.4. The van der Waals surface area contributed by atoms with E-state index in [4.69, 9.17) is 9.47 Å². The Hall–Kier alpha value is -1.14. The third kappa shape index (κ3) is 5.19. The van der Waals surface area contributed by atoms with Gasteiger partial charge >= 0.3 is 0 Å². The van der Waals surface area contributed by atoms with Crippen LogP contribution >= 0.6 is 0 Å². The lowest BCUT2D eigenvalue weighted by Gasteiger charge is -2.42. The quantitative estimate of drug-likeness (QED) is 0.647. The monoisotopic (exact) mass is 363 g/mol. The molecule has 3 rings (SSSR count). The fraction of sp³-hybridized carbons (Fsp3) is 0.714. The molecule has 2 aliphatic rings. The summed E-state index contributed by atoms with van der Waals surface area (Å²) in [6, 6.07) is 6.65. The summed E-state index contributed by atoms with van der Waals surface area (Å²) in [5.74, 6) is 0.212. The number of hydrogen-bond acceptors (Lipinski definition) is 5. The molecular weight excluding hydrogens is 330 g/mol. The Balaban J connectivity index is 1.32. The summed E-state index contributed by atoms with van der Waals surface area (Å²) in [5.41, 5.74) is 1.09. The number of benzene rings is 1. The topological polar surface area (TPSA) is 71.0 Å². The van der Waals surface area contributed by atoms with Gasteiger partial charge in [0.25, 0.3) is 0 Å². The average Bonchev–Trinajstić information content (AvgIpc) is 2.67. The second kappa shape index (κ2) is 9.18. The molecule has 1 aliphatic heterocycles. The Labute approximate surface area is 156 Å². The van der Waals surface area contributed by atoms with E-state index in [9.17, 15) is 10.2 Å². The van der Waals surface area contributed by atoms with E-state index >= 15 is 0 Å². The molecule has 0 bridgehead atoms. The van der Waals surface area contributed by atoms with E-state index in [1.54, 1.807) is 24.3 Å². The molecule has 1 heterocycles. The van der Waals surface area contributed by atoms with Crippen LogP contribution < -0.4 is 5.32 Å². The predicted octanol–water partition coefficient (Wildman–Crippen LogP) is 3.51. The molecule has 146 valence electrons. The zero-order chi connectivity index (χ0) is 18.4. The van der Waals surface area contributed by atoms with Crippen LogP contribution in [0.3, 0.4) is 0 Å². The van der Waals surface area contributed by atoms with E-state index < -0.39 is 6.10 Å². The maximum absolute atomic E-state index is 10.4. The Morgan fingerprint density at radius 1 is 1.12 bits per heavy atom. The first-order chi connectivity index (χ1) is 12.6. The minimum atomic E-state index is -0.594. The van der Waals surface area contributed by atoms with Gasteiger partial charge in [0.1, 0.15) is 5.75 Å². The third-order valence-electron chi connectivity index (χ3n) is 5.86. The van der Waals surface area contributed by atoms with Gasteiger partial charge in [-0.3, -0.25) is 0 Å². The van der Waals surface area contributed by atoms with Gasteiger partial charge in [-0.05, 0) is 56.8 Å². The van der Waals surface area contributed by atoms with Crippen molar-refractivity contribution < 1.29 is 19.7 Å². The number of aliphatic hydroxyl groups is 1. The maximum Gasteiger partial charge on any atom is 0.157 e. The standard InChI is InChI=1S/C21H33NO4/c1-16(20(24)17-7-9-18(23)10-8-17)22-13-5-6-19-25-14-21(15-26-19)11-3-2-4-12-21/h7-10,16,19-20,22-24H,2-6,11-15H2,1H3. The van der Waals surface area contributed by atoms with E-state index in [2.05, 4.69) is 5.32 Å². The summed E-state index contributed by atoms with van der Waals surface area (Å²) >= 11 is 0. The molecule has 1 aromatic carbocycles. The highest BCUT2D eigenvalue weighted by molar-refractivity contribution is 5.27. The van der Waals surface area contributed by atoms with E-state index in [-0.39, 0.29) is 23.5 Å². The van der Waals surface area contributed by atoms with E-state index in [1.807, 2.05) is 6.92 Å². The van der Waals surface area contributed by atoms with Crippen LogP contribution in [0.1, 0.15) is 63.5 Å². The highest BCUT2D eigenvalue weighted by Gasteiger charge is 2.37. The number of aromatic hydroxyl groups is 1. The first kappa shape index (κ1) is 19.6. The lowest BCUT2D eigenvalue weighted by atomic mass is 9.75. The normalized spacial score (nSPS) is 23.0. The van der Waals surface area contributed by atoms with Crippen molar-refractivity contribution in [2.75, 3.05) is 19.8 Å². The Kier molecular flexibility index (Phi) is 6.92. The first-order valence-corrected chi connectivity index (χ1v) is 10.0. The molecule has 3 N–H and O–H groups in total. The summed E-state index contributed by atoms with van der Waals surface area (Å²) in [7, 11) is 0. The van der Waals surface area contributed by atoms with Crippen molar-refractivity contribution in [2.24, 2.45) is 5.41 Å². The Morgan fingerprint density at radius 3 is 2.42 bits per heavy atom. The van der Waals surface area contributed by atoms with E-state index in [0.29, 0.717) is 0 Å². The molecule has 1 saturated carbocycles. The van der Waals surface area contributed by atoms with Gasteiger partial charge < -0.3 is 25.0 Å². The van der Waals surface area contributed by atoms with Crippen molar-refractivity contribution in [3.63, 3.8) is 0 Å². The first-order valence-electron chi connectivity index (χ1n) is 10.0. The smallest absolute Gasteiger partial charge is 0.157 e. The van der Waals surface area contributed by atoms with Gasteiger partial charge in [0.2, 0.25) is 0 Å². The molecule has 1 aliphatic carbocycles. The highest BCUT2D eigenvalue weighted by atomic mass is 16.7. The molecule has 2 fully saturated rings. The van der Waals surface area contributed by atoms with Crippen LogP contribution in [-0.4, -0.2) is 42.3 Å². The van der Waals surface area contributed by atoms with Crippen LogP contribution in [0.4, 0.5) is 0 Å².